The van der Waals surface area contributed by atoms with Crippen molar-refractivity contribution in [3.8, 4) is 5.75 Å². The number of hydrogen-bond acceptors (Lipinski definition) is 3. The van der Waals surface area contributed by atoms with E-state index >= 15 is 0 Å². The molecule has 0 saturated carbocycles. The van der Waals surface area contributed by atoms with Gasteiger partial charge in [-0.1, -0.05) is 15.9 Å². The average molecular weight is 329 g/mol. The van der Waals surface area contributed by atoms with E-state index in [0.717, 1.165) is 15.8 Å². The summed E-state index contributed by atoms with van der Waals surface area (Å²) in [5.74, 6) is 0.815. The normalized spacial score (nSPS) is 31.2. The lowest BCUT2D eigenvalue weighted by Crippen LogP contribution is -2.44. The third kappa shape index (κ3) is 3.71. The first-order valence-electron chi connectivity index (χ1n) is 6.62. The van der Waals surface area contributed by atoms with Crippen molar-refractivity contribution < 1.29 is 14.6 Å². The van der Waals surface area contributed by atoms with Crippen LogP contribution in [0.1, 0.15) is 32.3 Å². The maximum absolute atomic E-state index is 10.8. The second-order valence-electron chi connectivity index (χ2n) is 5.52. The first-order chi connectivity index (χ1) is 8.92. The van der Waals surface area contributed by atoms with Gasteiger partial charge in [0.05, 0.1) is 24.9 Å². The van der Waals surface area contributed by atoms with Gasteiger partial charge in [0, 0.05) is 23.7 Å². The predicted molar refractivity (Wildman–Crippen MR) is 78.6 cm³/mol. The molecule has 19 heavy (non-hydrogen) atoms. The van der Waals surface area contributed by atoms with E-state index in [-0.39, 0.29) is 12.2 Å². The summed E-state index contributed by atoms with van der Waals surface area (Å²) in [4.78, 5) is 0. The molecule has 1 aliphatic heterocycles. The molecule has 0 radical (unpaired) electrons. The minimum atomic E-state index is -0.702. The summed E-state index contributed by atoms with van der Waals surface area (Å²) >= 11 is 3.54. The van der Waals surface area contributed by atoms with Crippen molar-refractivity contribution in [2.45, 2.75) is 50.9 Å². The Morgan fingerprint density at radius 2 is 2.00 bits per heavy atom. The van der Waals surface area contributed by atoms with Gasteiger partial charge in [-0.3, -0.25) is 0 Å². The fourth-order valence-corrected chi connectivity index (χ4v) is 3.35. The minimum Gasteiger partial charge on any atom is -0.497 e. The highest BCUT2D eigenvalue weighted by Crippen LogP contribution is 2.34. The van der Waals surface area contributed by atoms with Crippen LogP contribution in [0.25, 0.3) is 0 Å². The molecule has 4 heteroatoms. The van der Waals surface area contributed by atoms with E-state index < -0.39 is 5.60 Å². The zero-order valence-electron chi connectivity index (χ0n) is 11.6. The van der Waals surface area contributed by atoms with Crippen LogP contribution in [0.4, 0.5) is 0 Å². The number of rotatable bonds is 3. The van der Waals surface area contributed by atoms with Crippen molar-refractivity contribution in [1.82, 2.24) is 0 Å². The van der Waals surface area contributed by atoms with Gasteiger partial charge in [0.25, 0.3) is 0 Å². The number of halogens is 1. The molecule has 1 aliphatic rings. The van der Waals surface area contributed by atoms with Crippen LogP contribution in [0.2, 0.25) is 0 Å². The molecule has 2 atom stereocenters. The first kappa shape index (κ1) is 14.8. The van der Waals surface area contributed by atoms with Crippen molar-refractivity contribution >= 4 is 15.9 Å². The van der Waals surface area contributed by atoms with E-state index in [0.29, 0.717) is 19.3 Å². The molecule has 0 aliphatic carbocycles. The molecule has 2 unspecified atom stereocenters. The fraction of sp³-hybridized carbons (Fsp3) is 0.600. The van der Waals surface area contributed by atoms with Crippen molar-refractivity contribution in [2.75, 3.05) is 7.11 Å². The Labute approximate surface area is 123 Å². The van der Waals surface area contributed by atoms with Crippen LogP contribution in [-0.4, -0.2) is 30.0 Å². The Hall–Kier alpha value is -0.580. The molecule has 2 rings (SSSR count). The number of methoxy groups -OCH3 is 1. The van der Waals surface area contributed by atoms with Crippen LogP contribution in [0.15, 0.2) is 22.7 Å². The number of benzene rings is 1. The Morgan fingerprint density at radius 1 is 1.37 bits per heavy atom. The molecule has 0 spiro atoms. The summed E-state index contributed by atoms with van der Waals surface area (Å²) < 4.78 is 12.0. The lowest BCUT2D eigenvalue weighted by molar-refractivity contribution is -0.130. The molecule has 0 aromatic heterocycles. The van der Waals surface area contributed by atoms with E-state index in [1.807, 2.05) is 32.0 Å². The van der Waals surface area contributed by atoms with Crippen molar-refractivity contribution in [1.29, 1.82) is 0 Å². The molecule has 1 heterocycles. The minimum absolute atomic E-state index is 0.0955. The maximum Gasteiger partial charge on any atom is 0.119 e. The van der Waals surface area contributed by atoms with Gasteiger partial charge in [0.15, 0.2) is 0 Å². The highest BCUT2D eigenvalue weighted by Gasteiger charge is 2.37. The largest absolute Gasteiger partial charge is 0.497 e. The molecular formula is C15H21BrO3. The van der Waals surface area contributed by atoms with E-state index in [9.17, 15) is 5.11 Å². The summed E-state index contributed by atoms with van der Waals surface area (Å²) in [6.07, 6.45) is 2.14. The average Bonchev–Trinajstić information content (AvgIpc) is 2.29. The lowest BCUT2D eigenvalue weighted by atomic mass is 9.82. The first-order valence-corrected chi connectivity index (χ1v) is 7.41. The Morgan fingerprint density at radius 3 is 2.58 bits per heavy atom. The smallest absolute Gasteiger partial charge is 0.119 e. The standard InChI is InChI=1S/C15H21BrO3/c1-10-7-15(17,8-11(2)19-10)9-12-6-13(18-3)4-5-14(12)16/h4-6,10-11,17H,7-9H2,1-3H3. The molecule has 1 aromatic rings. The zero-order chi connectivity index (χ0) is 14.0. The van der Waals surface area contributed by atoms with E-state index in [1.54, 1.807) is 7.11 Å². The van der Waals surface area contributed by atoms with Crippen molar-refractivity contribution in [2.24, 2.45) is 0 Å². The number of aliphatic hydroxyl groups is 1. The third-order valence-electron chi connectivity index (χ3n) is 3.57. The van der Waals surface area contributed by atoms with Gasteiger partial charge in [-0.25, -0.2) is 0 Å². The molecule has 0 bridgehead atoms. The van der Waals surface area contributed by atoms with Gasteiger partial charge in [0.2, 0.25) is 0 Å². The molecule has 1 aromatic carbocycles. The van der Waals surface area contributed by atoms with Crippen LogP contribution < -0.4 is 4.74 Å². The summed E-state index contributed by atoms with van der Waals surface area (Å²) in [5, 5.41) is 10.8. The summed E-state index contributed by atoms with van der Waals surface area (Å²) in [6, 6.07) is 5.85. The topological polar surface area (TPSA) is 38.7 Å². The van der Waals surface area contributed by atoms with E-state index in [2.05, 4.69) is 15.9 Å². The Balaban J connectivity index is 2.19. The van der Waals surface area contributed by atoms with E-state index in [1.165, 1.54) is 0 Å². The summed E-state index contributed by atoms with van der Waals surface area (Å²) in [7, 11) is 1.65. The molecule has 106 valence electrons. The molecule has 3 nitrogen and oxygen atoms in total. The van der Waals surface area contributed by atoms with Crippen LogP contribution in [0, 0.1) is 0 Å². The second-order valence-corrected chi connectivity index (χ2v) is 6.38. The van der Waals surface area contributed by atoms with Crippen LogP contribution in [-0.2, 0) is 11.2 Å². The predicted octanol–water partition coefficient (Wildman–Crippen LogP) is 3.32. The third-order valence-corrected chi connectivity index (χ3v) is 4.35. The quantitative estimate of drug-likeness (QED) is 0.925. The zero-order valence-corrected chi connectivity index (χ0v) is 13.2. The highest BCUT2D eigenvalue weighted by molar-refractivity contribution is 9.10. The van der Waals surface area contributed by atoms with Crippen LogP contribution in [0.5, 0.6) is 5.75 Å². The molecule has 1 saturated heterocycles. The van der Waals surface area contributed by atoms with Gasteiger partial charge in [0.1, 0.15) is 5.75 Å². The fourth-order valence-electron chi connectivity index (χ4n) is 2.96. The van der Waals surface area contributed by atoms with Crippen molar-refractivity contribution in [3.05, 3.63) is 28.2 Å². The van der Waals surface area contributed by atoms with Gasteiger partial charge in [-0.2, -0.15) is 0 Å². The van der Waals surface area contributed by atoms with Gasteiger partial charge < -0.3 is 14.6 Å². The monoisotopic (exact) mass is 328 g/mol. The Kier molecular flexibility index (Phi) is 4.54. The van der Waals surface area contributed by atoms with E-state index in [4.69, 9.17) is 9.47 Å². The lowest BCUT2D eigenvalue weighted by Gasteiger charge is -2.39. The van der Waals surface area contributed by atoms with Crippen LogP contribution in [0.3, 0.4) is 0 Å². The Bertz CT molecular complexity index is 437. The summed E-state index contributed by atoms with van der Waals surface area (Å²) in [5.41, 5.74) is 0.370. The molecule has 1 N–H and O–H groups in total. The number of ether oxygens (including phenoxy) is 2. The van der Waals surface area contributed by atoms with Crippen LogP contribution >= 0.6 is 15.9 Å². The van der Waals surface area contributed by atoms with Crippen molar-refractivity contribution in [3.63, 3.8) is 0 Å². The molecule has 0 amide bonds. The number of hydrogen-bond donors (Lipinski definition) is 1. The van der Waals surface area contributed by atoms with Gasteiger partial charge in [-0.05, 0) is 37.6 Å². The molecule has 1 fully saturated rings. The summed E-state index contributed by atoms with van der Waals surface area (Å²) in [6.45, 7) is 4.03. The maximum atomic E-state index is 10.8. The second kappa shape index (κ2) is 5.81. The molecular weight excluding hydrogens is 308 g/mol. The highest BCUT2D eigenvalue weighted by atomic mass is 79.9. The van der Waals surface area contributed by atoms with Gasteiger partial charge >= 0.3 is 0 Å². The SMILES string of the molecule is COc1ccc(Br)c(CC2(O)CC(C)OC(C)C2)c1. The van der Waals surface area contributed by atoms with Gasteiger partial charge in [-0.15, -0.1) is 0 Å².